The molecule has 3 aromatic rings. The van der Waals surface area contributed by atoms with Crippen LogP contribution in [0, 0.1) is 6.92 Å². The van der Waals surface area contributed by atoms with E-state index in [1.54, 1.807) is 11.9 Å². The molecular formula is C21H23N3O3. The van der Waals surface area contributed by atoms with Crippen molar-refractivity contribution in [2.45, 2.75) is 33.4 Å². The zero-order chi connectivity index (χ0) is 19.4. The van der Waals surface area contributed by atoms with Crippen molar-refractivity contribution in [1.29, 1.82) is 0 Å². The minimum Gasteiger partial charge on any atom is -0.340 e. The van der Waals surface area contributed by atoms with Crippen molar-refractivity contribution < 1.29 is 9.32 Å². The van der Waals surface area contributed by atoms with E-state index < -0.39 is 5.76 Å². The fourth-order valence-corrected chi connectivity index (χ4v) is 2.92. The van der Waals surface area contributed by atoms with Gasteiger partial charge in [0.05, 0.1) is 0 Å². The Morgan fingerprint density at radius 1 is 1.11 bits per heavy atom. The first kappa shape index (κ1) is 18.6. The second kappa shape index (κ2) is 8.03. The summed E-state index contributed by atoms with van der Waals surface area (Å²) in [6.07, 6.45) is 0.979. The Kier molecular flexibility index (Phi) is 5.54. The predicted octanol–water partition coefficient (Wildman–Crippen LogP) is 3.03. The van der Waals surface area contributed by atoms with Gasteiger partial charge >= 0.3 is 5.76 Å². The summed E-state index contributed by atoms with van der Waals surface area (Å²) in [6.45, 7) is 4.39. The Morgan fingerprint density at radius 3 is 2.44 bits per heavy atom. The zero-order valence-electron chi connectivity index (χ0n) is 15.8. The van der Waals surface area contributed by atoms with Crippen LogP contribution in [0.25, 0.3) is 11.4 Å². The first-order chi connectivity index (χ1) is 13.0. The Morgan fingerprint density at radius 2 is 1.78 bits per heavy atom. The van der Waals surface area contributed by atoms with Crippen molar-refractivity contribution in [3.8, 4) is 11.4 Å². The monoisotopic (exact) mass is 365 g/mol. The molecule has 0 spiro atoms. The lowest BCUT2D eigenvalue weighted by atomic mass is 10.1. The van der Waals surface area contributed by atoms with Gasteiger partial charge in [-0.2, -0.15) is 0 Å². The van der Waals surface area contributed by atoms with E-state index >= 15 is 0 Å². The highest BCUT2D eigenvalue weighted by Gasteiger charge is 2.19. The second-order valence-corrected chi connectivity index (χ2v) is 6.59. The molecule has 0 aliphatic heterocycles. The van der Waals surface area contributed by atoms with Crippen molar-refractivity contribution in [2.24, 2.45) is 0 Å². The third-order valence-corrected chi connectivity index (χ3v) is 4.64. The van der Waals surface area contributed by atoms with E-state index in [2.05, 4.69) is 24.2 Å². The minimum atomic E-state index is -0.637. The SMILES string of the molecule is CCc1ccc(CN(C)C(=O)Cn2c(-c3ccccc3C)noc2=O)cc1. The molecule has 140 valence electrons. The molecule has 0 radical (unpaired) electrons. The van der Waals surface area contributed by atoms with E-state index in [-0.39, 0.29) is 12.5 Å². The molecule has 1 heterocycles. The molecular weight excluding hydrogens is 342 g/mol. The van der Waals surface area contributed by atoms with E-state index in [0.717, 1.165) is 23.1 Å². The molecule has 0 N–H and O–H groups in total. The third kappa shape index (κ3) is 4.16. The van der Waals surface area contributed by atoms with Gasteiger partial charge in [0.15, 0.2) is 5.82 Å². The molecule has 0 fully saturated rings. The van der Waals surface area contributed by atoms with Gasteiger partial charge in [-0.25, -0.2) is 9.36 Å². The van der Waals surface area contributed by atoms with Crippen molar-refractivity contribution in [1.82, 2.24) is 14.6 Å². The molecule has 0 aliphatic carbocycles. The number of hydrogen-bond acceptors (Lipinski definition) is 4. The number of likely N-dealkylation sites (N-methyl/N-ethyl adjacent to an activating group) is 1. The fourth-order valence-electron chi connectivity index (χ4n) is 2.92. The number of carbonyl (C=O) groups is 1. The van der Waals surface area contributed by atoms with Crippen molar-refractivity contribution >= 4 is 5.91 Å². The highest BCUT2D eigenvalue weighted by Crippen LogP contribution is 2.20. The third-order valence-electron chi connectivity index (χ3n) is 4.64. The number of benzene rings is 2. The molecule has 0 aliphatic rings. The van der Waals surface area contributed by atoms with Gasteiger partial charge in [0.25, 0.3) is 0 Å². The standard InChI is InChI=1S/C21H23N3O3/c1-4-16-9-11-17(12-10-16)13-23(3)19(25)14-24-20(22-27-21(24)26)18-8-6-5-7-15(18)2/h5-12H,4,13-14H2,1-3H3. The Hall–Kier alpha value is -3.15. The summed E-state index contributed by atoms with van der Waals surface area (Å²) in [5.41, 5.74) is 4.02. The quantitative estimate of drug-likeness (QED) is 0.673. The predicted molar refractivity (Wildman–Crippen MR) is 103 cm³/mol. The molecule has 1 amide bonds. The average molecular weight is 365 g/mol. The molecule has 27 heavy (non-hydrogen) atoms. The van der Waals surface area contributed by atoms with Gasteiger partial charge < -0.3 is 4.90 Å². The first-order valence-electron chi connectivity index (χ1n) is 8.94. The minimum absolute atomic E-state index is 0.116. The molecule has 6 heteroatoms. The van der Waals surface area contributed by atoms with Crippen LogP contribution in [0.1, 0.15) is 23.6 Å². The smallest absolute Gasteiger partial charge is 0.340 e. The first-order valence-corrected chi connectivity index (χ1v) is 8.94. The lowest BCUT2D eigenvalue weighted by Crippen LogP contribution is -2.32. The number of rotatable bonds is 6. The van der Waals surface area contributed by atoms with Gasteiger partial charge in [-0.05, 0) is 30.0 Å². The summed E-state index contributed by atoms with van der Waals surface area (Å²) < 4.78 is 6.10. The molecule has 2 aromatic carbocycles. The Labute approximate surface area is 158 Å². The lowest BCUT2D eigenvalue weighted by molar-refractivity contribution is -0.131. The van der Waals surface area contributed by atoms with Gasteiger partial charge in [-0.15, -0.1) is 0 Å². The summed E-state index contributed by atoms with van der Waals surface area (Å²) in [7, 11) is 1.72. The van der Waals surface area contributed by atoms with E-state index in [1.807, 2.05) is 43.3 Å². The maximum atomic E-state index is 12.7. The highest BCUT2D eigenvalue weighted by atomic mass is 16.5. The molecule has 0 unspecified atom stereocenters. The van der Waals surface area contributed by atoms with Crippen LogP contribution in [0.4, 0.5) is 0 Å². The van der Waals surface area contributed by atoms with E-state index in [1.165, 1.54) is 10.1 Å². The van der Waals surface area contributed by atoms with Crippen LogP contribution in [-0.2, 0) is 24.3 Å². The van der Waals surface area contributed by atoms with Crippen molar-refractivity contribution in [2.75, 3.05) is 7.05 Å². The summed E-state index contributed by atoms with van der Waals surface area (Å²) in [6, 6.07) is 15.7. The maximum absolute atomic E-state index is 12.7. The largest absolute Gasteiger partial charge is 0.442 e. The van der Waals surface area contributed by atoms with Gasteiger partial charge in [0, 0.05) is 19.2 Å². The molecule has 6 nitrogen and oxygen atoms in total. The fraction of sp³-hybridized carbons (Fsp3) is 0.286. The van der Waals surface area contributed by atoms with E-state index in [0.29, 0.717) is 12.4 Å². The summed E-state index contributed by atoms with van der Waals surface area (Å²) in [5, 5.41) is 3.87. The van der Waals surface area contributed by atoms with Gasteiger partial charge in [0.1, 0.15) is 6.54 Å². The van der Waals surface area contributed by atoms with Crippen LogP contribution in [-0.4, -0.2) is 27.6 Å². The van der Waals surface area contributed by atoms with Crippen LogP contribution in [0.3, 0.4) is 0 Å². The number of aryl methyl sites for hydroxylation is 2. The van der Waals surface area contributed by atoms with E-state index in [9.17, 15) is 9.59 Å². The van der Waals surface area contributed by atoms with Crippen LogP contribution in [0.5, 0.6) is 0 Å². The number of amides is 1. The molecule has 0 saturated heterocycles. The molecule has 3 rings (SSSR count). The number of carbonyl (C=O) groups excluding carboxylic acids is 1. The second-order valence-electron chi connectivity index (χ2n) is 6.59. The van der Waals surface area contributed by atoms with Gasteiger partial charge in [-0.1, -0.05) is 60.6 Å². The summed E-state index contributed by atoms with van der Waals surface area (Å²) >= 11 is 0. The van der Waals surface area contributed by atoms with Crippen LogP contribution >= 0.6 is 0 Å². The summed E-state index contributed by atoms with van der Waals surface area (Å²) in [4.78, 5) is 26.3. The van der Waals surface area contributed by atoms with Crippen molar-refractivity contribution in [3.05, 3.63) is 75.8 Å². The number of hydrogen-bond donors (Lipinski definition) is 0. The van der Waals surface area contributed by atoms with Crippen molar-refractivity contribution in [3.63, 3.8) is 0 Å². The normalized spacial score (nSPS) is 10.8. The molecule has 0 bridgehead atoms. The van der Waals surface area contributed by atoms with E-state index in [4.69, 9.17) is 4.52 Å². The Bertz CT molecular complexity index is 986. The molecule has 1 aromatic heterocycles. The zero-order valence-corrected chi connectivity index (χ0v) is 15.8. The topological polar surface area (TPSA) is 68.3 Å². The van der Waals surface area contributed by atoms with Gasteiger partial charge in [-0.3, -0.25) is 9.32 Å². The lowest BCUT2D eigenvalue weighted by Gasteiger charge is -2.18. The number of aromatic nitrogens is 2. The highest BCUT2D eigenvalue weighted by molar-refractivity contribution is 5.76. The number of nitrogens with zero attached hydrogens (tertiary/aromatic N) is 3. The van der Waals surface area contributed by atoms with Crippen LogP contribution in [0.15, 0.2) is 57.8 Å². The molecule has 0 atom stereocenters. The van der Waals surface area contributed by atoms with Crippen LogP contribution < -0.4 is 5.76 Å². The van der Waals surface area contributed by atoms with Gasteiger partial charge in [0.2, 0.25) is 5.91 Å². The maximum Gasteiger partial charge on any atom is 0.442 e. The molecule has 0 saturated carbocycles. The summed E-state index contributed by atoms with van der Waals surface area (Å²) in [5.74, 6) is -0.454. The average Bonchev–Trinajstić information content (AvgIpc) is 3.03. The Balaban J connectivity index is 1.77. The van der Waals surface area contributed by atoms with Crippen LogP contribution in [0.2, 0.25) is 0 Å².